The number of nitrogens with one attached hydrogen (secondary N) is 2. The largest absolute Gasteiger partial charge is 0.353 e. The van der Waals surface area contributed by atoms with Crippen LogP contribution < -0.4 is 0 Å². The average Bonchev–Trinajstić information content (AvgIpc) is 3.95. The monoisotopic (exact) mass is 614 g/mol. The minimum atomic E-state index is 0.895. The highest BCUT2D eigenvalue weighted by Crippen LogP contribution is 2.35. The fraction of sp³-hybridized carbons (Fsp3) is 0. The highest BCUT2D eigenvalue weighted by atomic mass is 14.8. The molecule has 2 aliphatic rings. The highest BCUT2D eigenvalue weighted by molar-refractivity contribution is 5.99. The van der Waals surface area contributed by atoms with Crippen LogP contribution in [-0.2, 0) is 0 Å². The number of fused-ring (bicyclic) bond motifs is 10. The fourth-order valence-electron chi connectivity index (χ4n) is 6.61. The molecule has 0 aliphatic carbocycles. The average molecular weight is 615 g/mol. The third-order valence-corrected chi connectivity index (χ3v) is 9.00. The number of rotatable bonds is 4. The van der Waals surface area contributed by atoms with Gasteiger partial charge < -0.3 is 9.97 Å². The molecule has 2 N–H and O–H groups in total. The molecule has 9 rings (SSSR count). The number of hydrogen-bond acceptors (Lipinski definition) is 2. The van der Waals surface area contributed by atoms with Crippen molar-refractivity contribution in [3.8, 4) is 22.3 Å². The molecular weight excluding hydrogens is 585 g/mol. The summed E-state index contributed by atoms with van der Waals surface area (Å²) in [6.45, 7) is 0. The first-order valence-electron chi connectivity index (χ1n) is 16.2. The van der Waals surface area contributed by atoms with Crippen LogP contribution in [0.3, 0.4) is 0 Å². The lowest BCUT2D eigenvalue weighted by atomic mass is 10.0. The first-order valence-corrected chi connectivity index (χ1v) is 16.2. The predicted octanol–water partition coefficient (Wildman–Crippen LogP) is 10.8. The molecule has 0 atom stereocenters. The smallest absolute Gasteiger partial charge is 0.0879 e. The molecule has 8 bridgehead atoms. The molecule has 4 heteroatoms. The van der Waals surface area contributed by atoms with Gasteiger partial charge in [0.15, 0.2) is 0 Å². The highest BCUT2D eigenvalue weighted by Gasteiger charge is 2.17. The van der Waals surface area contributed by atoms with E-state index >= 15 is 0 Å². The van der Waals surface area contributed by atoms with Gasteiger partial charge in [-0.1, -0.05) is 121 Å². The maximum absolute atomic E-state index is 5.22. The number of nitrogens with zero attached hydrogens (tertiary/aromatic N) is 2. The summed E-state index contributed by atoms with van der Waals surface area (Å²) < 4.78 is 0. The van der Waals surface area contributed by atoms with E-state index in [0.717, 1.165) is 89.4 Å². The van der Waals surface area contributed by atoms with E-state index in [-0.39, 0.29) is 0 Å². The molecule has 3 aromatic heterocycles. The van der Waals surface area contributed by atoms with Crippen LogP contribution in [0.2, 0.25) is 0 Å². The van der Waals surface area contributed by atoms with Gasteiger partial charge in [0.25, 0.3) is 0 Å². The zero-order chi connectivity index (χ0) is 31.9. The molecule has 4 aromatic carbocycles. The van der Waals surface area contributed by atoms with Gasteiger partial charge in [-0.3, -0.25) is 0 Å². The summed E-state index contributed by atoms with van der Waals surface area (Å²) in [6.07, 6.45) is 4.38. The van der Waals surface area contributed by atoms with Crippen LogP contribution in [0.5, 0.6) is 0 Å². The Balaban J connectivity index is 1.38. The normalized spacial score (nSPS) is 12.4. The zero-order valence-electron chi connectivity index (χ0n) is 26.1. The molecule has 0 saturated heterocycles. The molecule has 48 heavy (non-hydrogen) atoms. The lowest BCUT2D eigenvalue weighted by Crippen LogP contribution is -1.84. The van der Waals surface area contributed by atoms with E-state index in [1.54, 1.807) is 0 Å². The Morgan fingerprint density at radius 3 is 1.06 bits per heavy atom. The molecule has 4 nitrogen and oxygen atoms in total. The van der Waals surface area contributed by atoms with Gasteiger partial charge in [-0.05, 0) is 70.8 Å². The van der Waals surface area contributed by atoms with Crippen molar-refractivity contribution in [3.63, 3.8) is 0 Å². The van der Waals surface area contributed by atoms with E-state index in [4.69, 9.17) is 9.97 Å². The summed E-state index contributed by atoms with van der Waals surface area (Å²) in [5, 5.41) is 0. The first-order chi connectivity index (χ1) is 23.8. The standard InChI is InChI=1S/C44H30N4/c1-5-13-29(14-6-1)33-25-41-42-26-34(30-15-7-2-8-16-30)39(46-42)23-24-40-36(32-19-11-4-12-20-32)28-44(48-40)43-27-35(31-17-9-3-10-18-31)38(47-43)22-21-37(33)45-41/h1-28,45,48H. The lowest BCUT2D eigenvalue weighted by Gasteiger charge is -2.01. The number of H-pyrrole nitrogens is 2. The van der Waals surface area contributed by atoms with Gasteiger partial charge in [-0.15, -0.1) is 0 Å². The van der Waals surface area contributed by atoms with Crippen molar-refractivity contribution in [1.82, 2.24) is 19.9 Å². The minimum absolute atomic E-state index is 0.895. The summed E-state index contributed by atoms with van der Waals surface area (Å²) >= 11 is 0. The number of aromatic amines is 2. The van der Waals surface area contributed by atoms with Gasteiger partial charge in [-0.2, -0.15) is 0 Å². The maximum atomic E-state index is 5.22. The summed E-state index contributed by atoms with van der Waals surface area (Å²) in [5.41, 5.74) is 16.5. The van der Waals surface area contributed by atoms with Crippen molar-refractivity contribution >= 4 is 45.4 Å². The Bertz CT molecular complexity index is 2340. The third-order valence-electron chi connectivity index (χ3n) is 9.00. The third kappa shape index (κ3) is 5.06. The van der Waals surface area contributed by atoms with Crippen LogP contribution in [0.25, 0.3) is 67.6 Å². The predicted molar refractivity (Wildman–Crippen MR) is 199 cm³/mol. The molecule has 0 fully saturated rings. The van der Waals surface area contributed by atoms with Gasteiger partial charge >= 0.3 is 0 Å². The first kappa shape index (κ1) is 27.8. The van der Waals surface area contributed by atoms with Crippen molar-refractivity contribution in [2.24, 2.45) is 0 Å². The molecule has 0 saturated carbocycles. The van der Waals surface area contributed by atoms with Crippen LogP contribution >= 0.6 is 0 Å². The van der Waals surface area contributed by atoms with Crippen molar-refractivity contribution in [2.45, 2.75) is 0 Å². The Kier molecular flexibility index (Phi) is 6.76. The van der Waals surface area contributed by atoms with Crippen molar-refractivity contribution in [1.29, 1.82) is 0 Å². The van der Waals surface area contributed by atoms with E-state index in [1.165, 1.54) is 0 Å². The van der Waals surface area contributed by atoms with Crippen molar-refractivity contribution in [2.75, 3.05) is 0 Å². The van der Waals surface area contributed by atoms with E-state index < -0.39 is 0 Å². The van der Waals surface area contributed by atoms with Gasteiger partial charge in [0, 0.05) is 33.3 Å². The van der Waals surface area contributed by atoms with Gasteiger partial charge in [0.05, 0.1) is 33.8 Å². The number of benzene rings is 4. The summed E-state index contributed by atoms with van der Waals surface area (Å²) in [4.78, 5) is 17.9. The molecule has 2 aliphatic heterocycles. The van der Waals surface area contributed by atoms with Crippen LogP contribution in [-0.4, -0.2) is 19.9 Å². The van der Waals surface area contributed by atoms with E-state index in [0.29, 0.717) is 0 Å². The summed E-state index contributed by atoms with van der Waals surface area (Å²) in [7, 11) is 0. The molecular formula is C44H30N4. The van der Waals surface area contributed by atoms with E-state index in [9.17, 15) is 0 Å². The second kappa shape index (κ2) is 11.7. The van der Waals surface area contributed by atoms with Gasteiger partial charge in [0.2, 0.25) is 0 Å². The molecule has 7 aromatic rings. The molecule has 0 spiro atoms. The van der Waals surface area contributed by atoms with Crippen LogP contribution in [0, 0.1) is 0 Å². The SMILES string of the molecule is C1=C(c2ccccc2)c2ccc3[nH]c(cc3-c3ccccc3)c3nc(ccc4[nH]c(cc4-c4ccccc4)c1n2)C(c1ccccc1)=C3. The zero-order valence-corrected chi connectivity index (χ0v) is 26.1. The summed E-state index contributed by atoms with van der Waals surface area (Å²) in [5.74, 6) is 0. The van der Waals surface area contributed by atoms with Crippen molar-refractivity contribution < 1.29 is 0 Å². The Morgan fingerprint density at radius 2 is 0.688 bits per heavy atom. The second-order valence-corrected chi connectivity index (χ2v) is 12.0. The molecule has 0 unspecified atom stereocenters. The molecule has 5 heterocycles. The van der Waals surface area contributed by atoms with Gasteiger partial charge in [0.1, 0.15) is 0 Å². The second-order valence-electron chi connectivity index (χ2n) is 12.0. The summed E-state index contributed by atoms with van der Waals surface area (Å²) in [6, 6.07) is 54.9. The minimum Gasteiger partial charge on any atom is -0.353 e. The molecule has 0 amide bonds. The van der Waals surface area contributed by atoms with Crippen molar-refractivity contribution in [3.05, 3.63) is 192 Å². The maximum Gasteiger partial charge on any atom is 0.0879 e. The fourth-order valence-corrected chi connectivity index (χ4v) is 6.61. The molecule has 0 radical (unpaired) electrons. The van der Waals surface area contributed by atoms with Gasteiger partial charge in [-0.25, -0.2) is 9.97 Å². The number of aromatic nitrogens is 4. The quantitative estimate of drug-likeness (QED) is 0.207. The Morgan fingerprint density at radius 1 is 0.333 bits per heavy atom. The topological polar surface area (TPSA) is 57.4 Å². The van der Waals surface area contributed by atoms with E-state index in [2.05, 4.69) is 156 Å². The Labute approximate surface area is 278 Å². The van der Waals surface area contributed by atoms with E-state index in [1.807, 2.05) is 24.3 Å². The lowest BCUT2D eigenvalue weighted by molar-refractivity contribution is 1.30. The van der Waals surface area contributed by atoms with Crippen LogP contribution in [0.1, 0.15) is 33.9 Å². The van der Waals surface area contributed by atoms with Crippen LogP contribution in [0.15, 0.2) is 158 Å². The molecule has 226 valence electrons. The Hall–Kier alpha value is -6.52. The van der Waals surface area contributed by atoms with Crippen LogP contribution in [0.4, 0.5) is 0 Å². The number of hydrogen-bond donors (Lipinski definition) is 2.